The van der Waals surface area contributed by atoms with Gasteiger partial charge in [-0.05, 0) is 25.2 Å². The van der Waals surface area contributed by atoms with Crippen molar-refractivity contribution in [1.82, 2.24) is 9.78 Å². The van der Waals surface area contributed by atoms with E-state index in [1.165, 1.54) is 19.2 Å². The minimum absolute atomic E-state index is 0.0515. The third-order valence-electron chi connectivity index (χ3n) is 3.13. The highest BCUT2D eigenvalue weighted by atomic mass is 32.1. The number of nitrogens with one attached hydrogen (secondary N) is 2. The van der Waals surface area contributed by atoms with E-state index in [0.29, 0.717) is 16.5 Å². The van der Waals surface area contributed by atoms with Crippen LogP contribution < -0.4 is 15.4 Å². The maximum Gasteiger partial charge on any atom is 0.273 e. The first-order valence-corrected chi connectivity index (χ1v) is 6.72. The normalized spacial score (nSPS) is 10.1. The summed E-state index contributed by atoms with van der Waals surface area (Å²) in [5.74, 6) is 0.334. The van der Waals surface area contributed by atoms with Crippen LogP contribution in [-0.4, -0.2) is 26.9 Å². The van der Waals surface area contributed by atoms with Gasteiger partial charge in [0.05, 0.1) is 41.4 Å². The highest BCUT2D eigenvalue weighted by molar-refractivity contribution is 7.80. The van der Waals surface area contributed by atoms with Gasteiger partial charge in [0, 0.05) is 13.1 Å². The van der Waals surface area contributed by atoms with E-state index in [1.54, 1.807) is 16.9 Å². The molecule has 0 amide bonds. The van der Waals surface area contributed by atoms with Crippen LogP contribution >= 0.6 is 12.2 Å². The van der Waals surface area contributed by atoms with Gasteiger partial charge in [-0.1, -0.05) is 0 Å². The van der Waals surface area contributed by atoms with E-state index in [1.807, 2.05) is 14.0 Å². The van der Waals surface area contributed by atoms with Gasteiger partial charge in [0.1, 0.15) is 5.75 Å². The Morgan fingerprint density at radius 1 is 1.41 bits per heavy atom. The van der Waals surface area contributed by atoms with Crippen molar-refractivity contribution in [3.8, 4) is 5.75 Å². The Morgan fingerprint density at radius 3 is 2.64 bits per heavy atom. The number of aryl methyl sites for hydroxylation is 1. The fourth-order valence-corrected chi connectivity index (χ4v) is 2.01. The Kier molecular flexibility index (Phi) is 4.56. The third-order valence-corrected chi connectivity index (χ3v) is 3.33. The Balaban J connectivity index is 2.14. The van der Waals surface area contributed by atoms with Crippen molar-refractivity contribution in [1.29, 1.82) is 0 Å². The molecule has 0 saturated carbocycles. The lowest BCUT2D eigenvalue weighted by Gasteiger charge is -2.13. The van der Waals surface area contributed by atoms with Gasteiger partial charge in [0.2, 0.25) is 0 Å². The summed E-state index contributed by atoms with van der Waals surface area (Å²) in [5.41, 5.74) is 2.19. The van der Waals surface area contributed by atoms with Crippen LogP contribution in [-0.2, 0) is 7.05 Å². The molecule has 2 aromatic rings. The molecule has 2 rings (SSSR count). The molecule has 0 fully saturated rings. The van der Waals surface area contributed by atoms with E-state index in [-0.39, 0.29) is 5.69 Å². The lowest BCUT2D eigenvalue weighted by Crippen LogP contribution is -2.19. The molecule has 0 saturated heterocycles. The number of nitrogens with zero attached hydrogens (tertiary/aromatic N) is 3. The Labute approximate surface area is 132 Å². The summed E-state index contributed by atoms with van der Waals surface area (Å²) in [6, 6.07) is 4.25. The van der Waals surface area contributed by atoms with E-state index in [4.69, 9.17) is 17.0 Å². The number of nitro benzene ring substituents is 1. The van der Waals surface area contributed by atoms with E-state index in [2.05, 4.69) is 15.7 Å². The van der Waals surface area contributed by atoms with Gasteiger partial charge in [-0.15, -0.1) is 0 Å². The maximum atomic E-state index is 10.8. The van der Waals surface area contributed by atoms with Gasteiger partial charge in [-0.2, -0.15) is 5.10 Å². The number of hydrogen-bond donors (Lipinski definition) is 2. The minimum Gasteiger partial charge on any atom is -0.494 e. The number of nitro groups is 1. The SMILES string of the molecule is COc1cc([N+](=O)[O-])ccc1NC(=S)Nc1cnn(C)c1C. The Bertz CT molecular complexity index is 728. The highest BCUT2D eigenvalue weighted by Crippen LogP contribution is 2.29. The van der Waals surface area contributed by atoms with E-state index >= 15 is 0 Å². The first-order valence-electron chi connectivity index (χ1n) is 6.31. The van der Waals surface area contributed by atoms with Gasteiger partial charge in [0.15, 0.2) is 5.11 Å². The number of anilines is 2. The zero-order valence-corrected chi connectivity index (χ0v) is 13.1. The number of non-ortho nitro benzene ring substituents is 1. The maximum absolute atomic E-state index is 10.8. The van der Waals surface area contributed by atoms with Gasteiger partial charge in [0.25, 0.3) is 5.69 Å². The van der Waals surface area contributed by atoms with Crippen molar-refractivity contribution in [3.05, 3.63) is 40.2 Å². The number of thiocarbonyl (C=S) groups is 1. The molecule has 0 unspecified atom stereocenters. The van der Waals surface area contributed by atoms with E-state index < -0.39 is 4.92 Å². The largest absolute Gasteiger partial charge is 0.494 e. The molecule has 2 N–H and O–H groups in total. The second-order valence-electron chi connectivity index (χ2n) is 4.49. The number of ether oxygens (including phenoxy) is 1. The molecule has 0 aliphatic heterocycles. The summed E-state index contributed by atoms with van der Waals surface area (Å²) < 4.78 is 6.86. The zero-order valence-electron chi connectivity index (χ0n) is 12.3. The van der Waals surface area contributed by atoms with Crippen molar-refractivity contribution in [2.24, 2.45) is 7.05 Å². The van der Waals surface area contributed by atoms with E-state index in [9.17, 15) is 10.1 Å². The van der Waals surface area contributed by atoms with Gasteiger partial charge in [-0.25, -0.2) is 0 Å². The standard InChI is InChI=1S/C13H15N5O3S/c1-8-11(7-14-17(8)2)16-13(22)15-10-5-4-9(18(19)20)6-12(10)21-3/h4-7H,1-3H3,(H2,15,16,22). The molecule has 1 aromatic heterocycles. The molecule has 9 heteroatoms. The number of methoxy groups -OCH3 is 1. The van der Waals surface area contributed by atoms with Crippen LogP contribution in [0.4, 0.5) is 17.1 Å². The van der Waals surface area contributed by atoms with Crippen LogP contribution in [0, 0.1) is 17.0 Å². The number of rotatable bonds is 4. The van der Waals surface area contributed by atoms with Crippen LogP contribution in [0.1, 0.15) is 5.69 Å². The molecule has 1 heterocycles. The first kappa shape index (κ1) is 15.7. The molecule has 0 aliphatic rings. The summed E-state index contributed by atoms with van der Waals surface area (Å²) in [6.45, 7) is 1.91. The molecule has 0 atom stereocenters. The van der Waals surface area contributed by atoms with Crippen LogP contribution in [0.2, 0.25) is 0 Å². The molecule has 22 heavy (non-hydrogen) atoms. The van der Waals surface area contributed by atoms with Crippen molar-refractivity contribution in [2.75, 3.05) is 17.7 Å². The average molecular weight is 321 g/mol. The number of aromatic nitrogens is 2. The molecule has 1 aromatic carbocycles. The smallest absolute Gasteiger partial charge is 0.273 e. The monoisotopic (exact) mass is 321 g/mol. The van der Waals surface area contributed by atoms with Crippen molar-refractivity contribution < 1.29 is 9.66 Å². The Hall–Kier alpha value is -2.68. The Morgan fingerprint density at radius 2 is 2.09 bits per heavy atom. The predicted octanol–water partition coefficient (Wildman–Crippen LogP) is 2.45. The lowest BCUT2D eigenvalue weighted by atomic mass is 10.2. The van der Waals surface area contributed by atoms with Crippen molar-refractivity contribution >= 4 is 34.4 Å². The van der Waals surface area contributed by atoms with E-state index in [0.717, 1.165) is 11.4 Å². The van der Waals surface area contributed by atoms with Crippen LogP contribution in [0.5, 0.6) is 5.75 Å². The fourth-order valence-electron chi connectivity index (χ4n) is 1.79. The third kappa shape index (κ3) is 3.31. The summed E-state index contributed by atoms with van der Waals surface area (Å²) in [7, 11) is 3.27. The van der Waals surface area contributed by atoms with Crippen LogP contribution in [0.15, 0.2) is 24.4 Å². The molecule has 0 radical (unpaired) electrons. The topological polar surface area (TPSA) is 94.2 Å². The number of benzene rings is 1. The lowest BCUT2D eigenvalue weighted by molar-refractivity contribution is -0.384. The minimum atomic E-state index is -0.484. The van der Waals surface area contributed by atoms with Gasteiger partial charge >= 0.3 is 0 Å². The highest BCUT2D eigenvalue weighted by Gasteiger charge is 2.13. The average Bonchev–Trinajstić information content (AvgIpc) is 2.79. The molecule has 0 aliphatic carbocycles. The van der Waals surface area contributed by atoms with Crippen LogP contribution in [0.25, 0.3) is 0 Å². The summed E-state index contributed by atoms with van der Waals surface area (Å²) >= 11 is 5.23. The second kappa shape index (κ2) is 6.39. The van der Waals surface area contributed by atoms with Gasteiger partial charge < -0.3 is 15.4 Å². The second-order valence-corrected chi connectivity index (χ2v) is 4.90. The predicted molar refractivity (Wildman–Crippen MR) is 87.4 cm³/mol. The summed E-state index contributed by atoms with van der Waals surface area (Å²) in [6.07, 6.45) is 1.66. The van der Waals surface area contributed by atoms with Crippen LogP contribution in [0.3, 0.4) is 0 Å². The molecule has 0 bridgehead atoms. The zero-order chi connectivity index (χ0) is 16.3. The molecule has 8 nitrogen and oxygen atoms in total. The van der Waals surface area contributed by atoms with Gasteiger partial charge in [-0.3, -0.25) is 14.8 Å². The summed E-state index contributed by atoms with van der Waals surface area (Å²) in [4.78, 5) is 10.3. The molecular weight excluding hydrogens is 306 g/mol. The van der Waals surface area contributed by atoms with Crippen molar-refractivity contribution in [2.45, 2.75) is 6.92 Å². The molecule has 0 spiro atoms. The molecule has 116 valence electrons. The fraction of sp³-hybridized carbons (Fsp3) is 0.231. The quantitative estimate of drug-likeness (QED) is 0.507. The number of hydrogen-bond acceptors (Lipinski definition) is 5. The molecular formula is C13H15N5O3S. The van der Waals surface area contributed by atoms with Crippen molar-refractivity contribution in [3.63, 3.8) is 0 Å². The first-order chi connectivity index (χ1) is 10.4. The summed E-state index contributed by atoms with van der Waals surface area (Å²) in [5, 5.41) is 21.2.